The molecule has 1 unspecified atom stereocenters. The number of anilines is 1. The molecule has 6 aromatic rings. The van der Waals surface area contributed by atoms with E-state index in [4.69, 9.17) is 0 Å². The first kappa shape index (κ1) is 31.1. The first-order valence-electron chi connectivity index (χ1n) is 15.2. The fraction of sp³-hybridized carbons (Fsp3) is 0.175. The molecule has 1 aliphatic heterocycles. The molecule has 1 atom stereocenters. The smallest absolute Gasteiger partial charge is 0.154 e. The lowest BCUT2D eigenvalue weighted by atomic mass is 9.77. The Balaban J connectivity index is 0.000000175. The van der Waals surface area contributed by atoms with E-state index in [1.807, 2.05) is 48.5 Å². The molecule has 0 aliphatic carbocycles. The van der Waals surface area contributed by atoms with E-state index in [1.54, 1.807) is 7.05 Å². The number of hydrogen-bond acceptors (Lipinski definition) is 3. The molecule has 226 valence electrons. The Morgan fingerprint density at radius 3 is 1.98 bits per heavy atom. The van der Waals surface area contributed by atoms with Gasteiger partial charge in [-0.25, -0.2) is 4.99 Å². The van der Waals surface area contributed by atoms with Crippen molar-refractivity contribution in [3.8, 4) is 0 Å². The van der Waals surface area contributed by atoms with Gasteiger partial charge in [-0.1, -0.05) is 129 Å². The van der Waals surface area contributed by atoms with Crippen molar-refractivity contribution in [1.82, 2.24) is 4.98 Å². The van der Waals surface area contributed by atoms with Crippen LogP contribution in [-0.2, 0) is 12.0 Å². The molecule has 1 N–H and O–H groups in total. The number of nitrogens with one attached hydrogen (secondary N) is 1. The maximum atomic E-state index is 4.47. The van der Waals surface area contributed by atoms with Crippen molar-refractivity contribution in [2.24, 2.45) is 15.0 Å². The number of para-hydroxylation sites is 1. The molecule has 5 nitrogen and oxygen atoms in total. The minimum absolute atomic E-state index is 0.0536. The quantitative estimate of drug-likeness (QED) is 0.161. The zero-order chi connectivity index (χ0) is 31.8. The number of H-pyrrole nitrogens is 1. The predicted molar refractivity (Wildman–Crippen MR) is 195 cm³/mol. The molecule has 2 heterocycles. The largest absolute Gasteiger partial charge is 0.366 e. The first-order chi connectivity index (χ1) is 21.9. The van der Waals surface area contributed by atoms with Gasteiger partial charge in [0.15, 0.2) is 5.84 Å². The van der Waals surface area contributed by atoms with Gasteiger partial charge < -0.3 is 14.9 Å². The SMILES string of the molecule is C=NC.C=NC(=NCc1ccccc1)c1ccccc1.CN1c2c(ccc3[nH]c4ccccc4c23)C(C)(C)C1c1ccccc1. The second-order valence-corrected chi connectivity index (χ2v) is 11.7. The highest BCUT2D eigenvalue weighted by Crippen LogP contribution is 2.55. The number of aromatic nitrogens is 1. The van der Waals surface area contributed by atoms with Gasteiger partial charge in [0.25, 0.3) is 0 Å². The third kappa shape index (κ3) is 6.48. The molecule has 0 radical (unpaired) electrons. The van der Waals surface area contributed by atoms with Crippen LogP contribution < -0.4 is 4.90 Å². The van der Waals surface area contributed by atoms with Crippen molar-refractivity contribution < 1.29 is 0 Å². The van der Waals surface area contributed by atoms with Crippen molar-refractivity contribution >= 4 is 46.8 Å². The lowest BCUT2D eigenvalue weighted by Crippen LogP contribution is -2.31. The summed E-state index contributed by atoms with van der Waals surface area (Å²) >= 11 is 0. The molecule has 7 rings (SSSR count). The number of nitrogens with zero attached hydrogens (tertiary/aromatic N) is 4. The maximum Gasteiger partial charge on any atom is 0.154 e. The summed E-state index contributed by atoms with van der Waals surface area (Å²) in [5.74, 6) is 0.689. The molecular weight excluding hydrogens is 550 g/mol. The summed E-state index contributed by atoms with van der Waals surface area (Å²) in [5, 5.41) is 2.66. The molecular formula is C40H41N5. The van der Waals surface area contributed by atoms with Crippen LogP contribution in [0.25, 0.3) is 21.8 Å². The molecule has 0 saturated carbocycles. The summed E-state index contributed by atoms with van der Waals surface area (Å²) in [6.45, 7) is 12.0. The summed E-state index contributed by atoms with van der Waals surface area (Å²) in [7, 11) is 3.88. The van der Waals surface area contributed by atoms with Crippen LogP contribution in [0, 0.1) is 0 Å². The van der Waals surface area contributed by atoms with Gasteiger partial charge >= 0.3 is 0 Å². The highest BCUT2D eigenvalue weighted by atomic mass is 15.2. The molecule has 5 heteroatoms. The van der Waals surface area contributed by atoms with Crippen LogP contribution in [0.4, 0.5) is 5.69 Å². The van der Waals surface area contributed by atoms with Crippen molar-refractivity contribution in [1.29, 1.82) is 0 Å². The van der Waals surface area contributed by atoms with Crippen LogP contribution in [0.1, 0.15) is 42.1 Å². The molecule has 0 amide bonds. The fourth-order valence-corrected chi connectivity index (χ4v) is 6.41. The summed E-state index contributed by atoms with van der Waals surface area (Å²) in [6.07, 6.45) is 0. The number of fused-ring (bicyclic) bond motifs is 5. The van der Waals surface area contributed by atoms with E-state index in [1.165, 1.54) is 44.2 Å². The predicted octanol–water partition coefficient (Wildman–Crippen LogP) is 9.44. The van der Waals surface area contributed by atoms with Crippen LogP contribution in [0.2, 0.25) is 0 Å². The molecule has 0 spiro atoms. The van der Waals surface area contributed by atoms with Gasteiger partial charge in [-0.2, -0.15) is 0 Å². The van der Waals surface area contributed by atoms with Crippen molar-refractivity contribution in [2.45, 2.75) is 31.8 Å². The Morgan fingerprint density at radius 1 is 0.756 bits per heavy atom. The molecule has 1 aromatic heterocycles. The van der Waals surface area contributed by atoms with E-state index in [2.05, 4.69) is 138 Å². The second kappa shape index (κ2) is 14.0. The number of aliphatic imine (C=N–C) groups is 3. The van der Waals surface area contributed by atoms with Crippen LogP contribution in [0.5, 0.6) is 0 Å². The second-order valence-electron chi connectivity index (χ2n) is 11.7. The zero-order valence-electron chi connectivity index (χ0n) is 26.6. The lowest BCUT2D eigenvalue weighted by molar-refractivity contribution is 0.441. The van der Waals surface area contributed by atoms with Gasteiger partial charge in [0.1, 0.15) is 0 Å². The van der Waals surface area contributed by atoms with Gasteiger partial charge in [0.05, 0.1) is 18.3 Å². The Morgan fingerprint density at radius 2 is 1.33 bits per heavy atom. The summed E-state index contributed by atoms with van der Waals surface area (Å²) in [6, 6.07) is 44.4. The topological polar surface area (TPSA) is 56.1 Å². The monoisotopic (exact) mass is 591 g/mol. The van der Waals surface area contributed by atoms with Gasteiger partial charge in [-0.3, -0.25) is 4.99 Å². The molecule has 5 aromatic carbocycles. The fourth-order valence-electron chi connectivity index (χ4n) is 6.41. The maximum absolute atomic E-state index is 4.47. The van der Waals surface area contributed by atoms with Crippen LogP contribution in [-0.4, -0.2) is 38.3 Å². The summed E-state index contributed by atoms with van der Waals surface area (Å²) < 4.78 is 0. The number of rotatable bonds is 4. The molecule has 1 aliphatic rings. The lowest BCUT2D eigenvalue weighted by Gasteiger charge is -2.32. The number of likely N-dealkylation sites (N-methyl/N-ethyl adjacent to an activating group) is 1. The average Bonchev–Trinajstić information content (AvgIpc) is 3.54. The van der Waals surface area contributed by atoms with Gasteiger partial charge in [-0.05, 0) is 42.3 Å². The van der Waals surface area contributed by atoms with Crippen LogP contribution >= 0.6 is 0 Å². The van der Waals surface area contributed by atoms with Gasteiger partial charge in [0, 0.05) is 46.9 Å². The van der Waals surface area contributed by atoms with E-state index < -0.39 is 0 Å². The Kier molecular flexibility index (Phi) is 9.69. The highest BCUT2D eigenvalue weighted by molar-refractivity contribution is 6.15. The van der Waals surface area contributed by atoms with Crippen molar-refractivity contribution in [3.63, 3.8) is 0 Å². The van der Waals surface area contributed by atoms with Crippen molar-refractivity contribution in [2.75, 3.05) is 19.0 Å². The van der Waals surface area contributed by atoms with E-state index in [0.29, 0.717) is 18.4 Å². The van der Waals surface area contributed by atoms with Gasteiger partial charge in [-0.15, -0.1) is 0 Å². The van der Waals surface area contributed by atoms with E-state index >= 15 is 0 Å². The normalized spacial score (nSPS) is 15.0. The van der Waals surface area contributed by atoms with Crippen LogP contribution in [0.3, 0.4) is 0 Å². The number of benzene rings is 5. The van der Waals surface area contributed by atoms with E-state index in [-0.39, 0.29) is 5.41 Å². The Hall–Kier alpha value is -5.29. The minimum Gasteiger partial charge on any atom is -0.366 e. The van der Waals surface area contributed by atoms with E-state index in [0.717, 1.165) is 5.56 Å². The third-order valence-corrected chi connectivity index (χ3v) is 8.31. The standard InChI is InChI=1S/C23H22N2.C15H14N2.C2H5N/c1-23(2)17-13-14-19-20(16-11-7-8-12-18(16)24-19)21(17)25(3)22(23)15-9-5-4-6-10-15;1-16-15(14-10-6-3-7-11-14)17-12-13-8-4-2-5-9-13;1-3-2/h4-14,22,24H,1-3H3;2-11H,1,12H2;1H2,2H3. The molecule has 0 saturated heterocycles. The highest BCUT2D eigenvalue weighted by Gasteiger charge is 2.44. The van der Waals surface area contributed by atoms with Gasteiger partial charge in [0.2, 0.25) is 0 Å². The average molecular weight is 592 g/mol. The zero-order valence-corrected chi connectivity index (χ0v) is 26.6. The Labute approximate surface area is 266 Å². The minimum atomic E-state index is 0.0536. The third-order valence-electron chi connectivity index (χ3n) is 8.31. The summed E-state index contributed by atoms with van der Waals surface area (Å²) in [4.78, 5) is 17.8. The molecule has 0 bridgehead atoms. The summed E-state index contributed by atoms with van der Waals surface area (Å²) in [5.41, 5.74) is 8.83. The molecule has 0 fully saturated rings. The van der Waals surface area contributed by atoms with Crippen molar-refractivity contribution in [3.05, 3.63) is 150 Å². The Bertz CT molecular complexity index is 1900. The number of aromatic amines is 1. The molecule has 45 heavy (non-hydrogen) atoms. The van der Waals surface area contributed by atoms with Crippen LogP contribution in [0.15, 0.2) is 142 Å². The van der Waals surface area contributed by atoms with E-state index in [9.17, 15) is 0 Å². The first-order valence-corrected chi connectivity index (χ1v) is 15.2. The number of amidine groups is 1. The number of hydrogen-bond donors (Lipinski definition) is 1.